The lowest BCUT2D eigenvalue weighted by molar-refractivity contribution is 0.0177. The highest BCUT2D eigenvalue weighted by Crippen LogP contribution is 2.35. The van der Waals surface area contributed by atoms with Gasteiger partial charge in [-0.25, -0.2) is 0 Å². The molecule has 0 aromatic heterocycles. The van der Waals surface area contributed by atoms with Gasteiger partial charge in [0.05, 0.1) is 11.2 Å². The van der Waals surface area contributed by atoms with E-state index in [1.54, 1.807) is 13.8 Å². The smallest absolute Gasteiger partial charge is 0.0895 e. The zero-order valence-electron chi connectivity index (χ0n) is 10.6. The third-order valence-electron chi connectivity index (χ3n) is 3.26. The molecule has 0 radical (unpaired) electrons. The molecular formula is C14H22O2. The Bertz CT molecular complexity index is 346. The van der Waals surface area contributed by atoms with Crippen molar-refractivity contribution in [2.24, 2.45) is 0 Å². The molecule has 1 aromatic carbocycles. The minimum absolute atomic E-state index is 0.649. The van der Waals surface area contributed by atoms with E-state index in [0.717, 1.165) is 11.1 Å². The van der Waals surface area contributed by atoms with Gasteiger partial charge in [-0.3, -0.25) is 0 Å². The van der Waals surface area contributed by atoms with Crippen LogP contribution in [0.1, 0.15) is 51.7 Å². The highest BCUT2D eigenvalue weighted by Gasteiger charge is 2.31. The second kappa shape index (κ2) is 4.56. The molecule has 0 amide bonds. The summed E-state index contributed by atoms with van der Waals surface area (Å²) in [5.74, 6) is 0. The predicted molar refractivity (Wildman–Crippen MR) is 66.2 cm³/mol. The predicted octanol–water partition coefficient (Wildman–Crippen LogP) is 2.92. The van der Waals surface area contributed by atoms with E-state index in [1.165, 1.54) is 0 Å². The first-order valence-corrected chi connectivity index (χ1v) is 5.90. The minimum Gasteiger partial charge on any atom is -0.386 e. The van der Waals surface area contributed by atoms with Gasteiger partial charge in [0, 0.05) is 0 Å². The fourth-order valence-corrected chi connectivity index (χ4v) is 2.05. The first kappa shape index (κ1) is 13.2. The Kier molecular flexibility index (Phi) is 3.76. The Labute approximate surface area is 97.9 Å². The molecular weight excluding hydrogens is 200 g/mol. The average Bonchev–Trinajstić information content (AvgIpc) is 2.27. The molecule has 0 fully saturated rings. The first-order chi connectivity index (χ1) is 7.35. The lowest BCUT2D eigenvalue weighted by atomic mass is 9.81. The van der Waals surface area contributed by atoms with Crippen LogP contribution in [0.4, 0.5) is 0 Å². The van der Waals surface area contributed by atoms with Crippen LogP contribution >= 0.6 is 0 Å². The van der Waals surface area contributed by atoms with Crippen LogP contribution in [0.2, 0.25) is 0 Å². The van der Waals surface area contributed by atoms with Crippen molar-refractivity contribution in [3.8, 4) is 0 Å². The van der Waals surface area contributed by atoms with E-state index >= 15 is 0 Å². The van der Waals surface area contributed by atoms with Gasteiger partial charge in [0.25, 0.3) is 0 Å². The van der Waals surface area contributed by atoms with Crippen LogP contribution in [0.5, 0.6) is 0 Å². The van der Waals surface area contributed by atoms with Crippen molar-refractivity contribution in [3.05, 3.63) is 35.4 Å². The van der Waals surface area contributed by atoms with E-state index in [-0.39, 0.29) is 0 Å². The van der Waals surface area contributed by atoms with Crippen LogP contribution in [-0.2, 0) is 11.2 Å². The zero-order valence-corrected chi connectivity index (χ0v) is 10.6. The molecule has 0 bridgehead atoms. The molecule has 2 nitrogen and oxygen atoms in total. The van der Waals surface area contributed by atoms with Gasteiger partial charge >= 0.3 is 0 Å². The molecule has 90 valence electrons. The van der Waals surface area contributed by atoms with Crippen LogP contribution < -0.4 is 0 Å². The fourth-order valence-electron chi connectivity index (χ4n) is 2.05. The highest BCUT2D eigenvalue weighted by molar-refractivity contribution is 5.35. The summed E-state index contributed by atoms with van der Waals surface area (Å²) in [5.41, 5.74) is -0.111. The monoisotopic (exact) mass is 222 g/mol. The molecule has 16 heavy (non-hydrogen) atoms. The SMILES string of the molecule is CCC(O)(CC)c1ccccc1C(C)(C)O. The van der Waals surface area contributed by atoms with Crippen molar-refractivity contribution >= 4 is 0 Å². The maximum Gasteiger partial charge on any atom is 0.0895 e. The highest BCUT2D eigenvalue weighted by atomic mass is 16.3. The van der Waals surface area contributed by atoms with Crippen LogP contribution in [-0.4, -0.2) is 10.2 Å². The molecule has 0 aliphatic carbocycles. The van der Waals surface area contributed by atoms with Gasteiger partial charge in [-0.15, -0.1) is 0 Å². The molecule has 1 aromatic rings. The van der Waals surface area contributed by atoms with E-state index in [4.69, 9.17) is 0 Å². The Balaban J connectivity index is 3.34. The molecule has 0 aliphatic heterocycles. The summed E-state index contributed by atoms with van der Waals surface area (Å²) < 4.78 is 0. The molecule has 0 heterocycles. The summed E-state index contributed by atoms with van der Waals surface area (Å²) >= 11 is 0. The number of aliphatic hydroxyl groups is 2. The van der Waals surface area contributed by atoms with Crippen molar-refractivity contribution in [2.75, 3.05) is 0 Å². The largest absolute Gasteiger partial charge is 0.386 e. The summed E-state index contributed by atoms with van der Waals surface area (Å²) in [6.07, 6.45) is 1.30. The number of hydrogen-bond donors (Lipinski definition) is 2. The van der Waals surface area contributed by atoms with Gasteiger partial charge in [0.2, 0.25) is 0 Å². The van der Waals surface area contributed by atoms with Crippen molar-refractivity contribution in [1.29, 1.82) is 0 Å². The summed E-state index contributed by atoms with van der Waals surface area (Å²) in [6.45, 7) is 7.42. The fraction of sp³-hybridized carbons (Fsp3) is 0.571. The van der Waals surface area contributed by atoms with Gasteiger partial charge in [0.15, 0.2) is 0 Å². The minimum atomic E-state index is -0.922. The summed E-state index contributed by atoms with van der Waals surface area (Å²) in [7, 11) is 0. The molecule has 1 rings (SSSR count). The molecule has 0 saturated carbocycles. The Morgan fingerprint density at radius 1 is 0.938 bits per heavy atom. The van der Waals surface area contributed by atoms with Crippen molar-refractivity contribution < 1.29 is 10.2 Å². The van der Waals surface area contributed by atoms with E-state index < -0.39 is 11.2 Å². The third-order valence-corrected chi connectivity index (χ3v) is 3.26. The lowest BCUT2D eigenvalue weighted by Gasteiger charge is -2.32. The van der Waals surface area contributed by atoms with Gasteiger partial charge in [-0.2, -0.15) is 0 Å². The number of hydrogen-bond acceptors (Lipinski definition) is 2. The van der Waals surface area contributed by atoms with Crippen LogP contribution in [0.15, 0.2) is 24.3 Å². The van der Waals surface area contributed by atoms with Gasteiger partial charge in [-0.1, -0.05) is 38.1 Å². The summed E-state index contributed by atoms with van der Waals surface area (Å²) in [6, 6.07) is 7.58. The maximum absolute atomic E-state index is 10.5. The van der Waals surface area contributed by atoms with Crippen molar-refractivity contribution in [1.82, 2.24) is 0 Å². The summed E-state index contributed by atoms with van der Waals surface area (Å²) in [4.78, 5) is 0. The molecule has 2 N–H and O–H groups in total. The van der Waals surface area contributed by atoms with Crippen LogP contribution in [0, 0.1) is 0 Å². The third kappa shape index (κ3) is 2.45. The van der Waals surface area contributed by atoms with E-state index in [9.17, 15) is 10.2 Å². The van der Waals surface area contributed by atoms with Crippen LogP contribution in [0.25, 0.3) is 0 Å². The Morgan fingerprint density at radius 2 is 1.38 bits per heavy atom. The Morgan fingerprint density at radius 3 is 1.75 bits per heavy atom. The zero-order chi connectivity index (χ0) is 12.4. The first-order valence-electron chi connectivity index (χ1n) is 5.90. The Hall–Kier alpha value is -0.860. The summed E-state index contributed by atoms with van der Waals surface area (Å²) in [5, 5.41) is 20.6. The normalized spacial score (nSPS) is 12.9. The van der Waals surface area contributed by atoms with Crippen LogP contribution in [0.3, 0.4) is 0 Å². The van der Waals surface area contributed by atoms with Gasteiger partial charge in [-0.05, 0) is 37.8 Å². The second-order valence-electron chi connectivity index (χ2n) is 4.84. The van der Waals surface area contributed by atoms with Gasteiger partial charge < -0.3 is 10.2 Å². The average molecular weight is 222 g/mol. The molecule has 0 aliphatic rings. The van der Waals surface area contributed by atoms with Gasteiger partial charge in [0.1, 0.15) is 0 Å². The quantitative estimate of drug-likeness (QED) is 0.822. The van der Waals surface area contributed by atoms with E-state index in [0.29, 0.717) is 12.8 Å². The van der Waals surface area contributed by atoms with E-state index in [1.807, 2.05) is 38.1 Å². The number of rotatable bonds is 4. The molecule has 0 spiro atoms. The van der Waals surface area contributed by atoms with E-state index in [2.05, 4.69) is 0 Å². The molecule has 2 heteroatoms. The maximum atomic E-state index is 10.5. The number of benzene rings is 1. The molecule has 0 saturated heterocycles. The molecule has 0 atom stereocenters. The lowest BCUT2D eigenvalue weighted by Crippen LogP contribution is -2.29. The topological polar surface area (TPSA) is 40.5 Å². The standard InChI is InChI=1S/C14H22O2/c1-5-14(16,6-2)12-10-8-7-9-11(12)13(3,4)15/h7-10,15-16H,5-6H2,1-4H3. The molecule has 0 unspecified atom stereocenters. The van der Waals surface area contributed by atoms with Crippen molar-refractivity contribution in [3.63, 3.8) is 0 Å². The van der Waals surface area contributed by atoms with Crippen molar-refractivity contribution in [2.45, 2.75) is 51.7 Å². The second-order valence-corrected chi connectivity index (χ2v) is 4.84.